The van der Waals surface area contributed by atoms with Crippen molar-refractivity contribution in [2.75, 3.05) is 5.32 Å². The number of anilines is 1. The van der Waals surface area contributed by atoms with Crippen LogP contribution in [0, 0.1) is 11.3 Å². The van der Waals surface area contributed by atoms with Gasteiger partial charge in [-0.05, 0) is 40.2 Å². The van der Waals surface area contributed by atoms with Crippen molar-refractivity contribution in [1.82, 2.24) is 14.6 Å². The Kier molecular flexibility index (Phi) is 3.35. The lowest BCUT2D eigenvalue weighted by Crippen LogP contribution is -2.06. The van der Waals surface area contributed by atoms with Crippen LogP contribution in [-0.4, -0.2) is 14.6 Å². The highest BCUT2D eigenvalue weighted by Gasteiger charge is 2.04. The maximum absolute atomic E-state index is 8.85. The van der Waals surface area contributed by atoms with Crippen LogP contribution in [-0.2, 0) is 6.54 Å². The summed E-state index contributed by atoms with van der Waals surface area (Å²) in [7, 11) is 0. The van der Waals surface area contributed by atoms with Gasteiger partial charge in [-0.15, -0.1) is 0 Å². The molecule has 0 fully saturated rings. The molecular weight excluding hydrogens is 318 g/mol. The quantitative estimate of drug-likeness (QED) is 0.803. The summed E-state index contributed by atoms with van der Waals surface area (Å²) < 4.78 is 2.66. The normalized spacial score (nSPS) is 10.4. The fourth-order valence-electron chi connectivity index (χ4n) is 1.93. The second kappa shape index (κ2) is 5.31. The number of fused-ring (bicyclic) bond motifs is 1. The largest absolute Gasteiger partial charge is 0.378 e. The van der Waals surface area contributed by atoms with Crippen molar-refractivity contribution in [2.45, 2.75) is 6.54 Å². The minimum atomic E-state index is 0.616. The lowest BCUT2D eigenvalue weighted by atomic mass is 10.2. The van der Waals surface area contributed by atoms with E-state index in [1.54, 1.807) is 29.0 Å². The fraction of sp³-hybridized carbons (Fsp3) is 0.0714. The Hall–Kier alpha value is -2.39. The molecule has 0 aliphatic carbocycles. The van der Waals surface area contributed by atoms with Crippen LogP contribution in [0.5, 0.6) is 0 Å². The summed E-state index contributed by atoms with van der Waals surface area (Å²) in [4.78, 5) is 4.22. The van der Waals surface area contributed by atoms with Gasteiger partial charge in [0.15, 0.2) is 5.65 Å². The Morgan fingerprint density at radius 3 is 2.95 bits per heavy atom. The molecule has 0 atom stereocenters. The zero-order chi connectivity index (χ0) is 13.9. The van der Waals surface area contributed by atoms with Crippen LogP contribution >= 0.6 is 15.9 Å². The van der Waals surface area contributed by atoms with E-state index in [9.17, 15) is 0 Å². The van der Waals surface area contributed by atoms with Crippen LogP contribution in [0.1, 0.15) is 11.3 Å². The SMILES string of the molecule is N#Cc1ccc(NCc2ccnc3ccnn23)c(Br)c1. The molecule has 6 heteroatoms. The third kappa shape index (κ3) is 2.36. The molecule has 3 rings (SSSR count). The van der Waals surface area contributed by atoms with Crippen molar-refractivity contribution in [3.63, 3.8) is 0 Å². The molecule has 0 saturated carbocycles. The first-order chi connectivity index (χ1) is 9.78. The van der Waals surface area contributed by atoms with Gasteiger partial charge in [-0.25, -0.2) is 9.50 Å². The summed E-state index contributed by atoms with van der Waals surface area (Å²) in [6.07, 6.45) is 3.49. The Bertz CT molecular complexity index is 803. The molecular formula is C14H10BrN5. The van der Waals surface area contributed by atoms with Gasteiger partial charge in [0.25, 0.3) is 0 Å². The van der Waals surface area contributed by atoms with E-state index in [4.69, 9.17) is 5.26 Å². The highest BCUT2D eigenvalue weighted by Crippen LogP contribution is 2.23. The van der Waals surface area contributed by atoms with Crippen LogP contribution in [0.3, 0.4) is 0 Å². The summed E-state index contributed by atoms with van der Waals surface area (Å²) >= 11 is 3.46. The molecule has 98 valence electrons. The molecule has 0 aliphatic rings. The van der Waals surface area contributed by atoms with Crippen molar-refractivity contribution in [1.29, 1.82) is 5.26 Å². The van der Waals surface area contributed by atoms with Crippen molar-refractivity contribution in [2.24, 2.45) is 0 Å². The first-order valence-corrected chi connectivity index (χ1v) is 6.78. The molecule has 0 amide bonds. The number of nitriles is 1. The second-order valence-electron chi connectivity index (χ2n) is 4.20. The average molecular weight is 328 g/mol. The van der Waals surface area contributed by atoms with E-state index in [-0.39, 0.29) is 0 Å². The molecule has 1 aromatic carbocycles. The average Bonchev–Trinajstić information content (AvgIpc) is 2.95. The number of aromatic nitrogens is 3. The summed E-state index contributed by atoms with van der Waals surface area (Å²) in [5.41, 5.74) is 3.39. The number of nitrogens with one attached hydrogen (secondary N) is 1. The molecule has 5 nitrogen and oxygen atoms in total. The van der Waals surface area contributed by atoms with Gasteiger partial charge < -0.3 is 5.32 Å². The molecule has 2 heterocycles. The van der Waals surface area contributed by atoms with Gasteiger partial charge in [-0.2, -0.15) is 10.4 Å². The van der Waals surface area contributed by atoms with Gasteiger partial charge in [0.05, 0.1) is 30.1 Å². The summed E-state index contributed by atoms with van der Waals surface area (Å²) in [5.74, 6) is 0. The van der Waals surface area contributed by atoms with E-state index >= 15 is 0 Å². The maximum Gasteiger partial charge on any atom is 0.155 e. The number of hydrogen-bond donors (Lipinski definition) is 1. The van der Waals surface area contributed by atoms with Crippen LogP contribution in [0.15, 0.2) is 47.2 Å². The monoisotopic (exact) mass is 327 g/mol. The highest BCUT2D eigenvalue weighted by molar-refractivity contribution is 9.10. The molecule has 0 bridgehead atoms. The van der Waals surface area contributed by atoms with Gasteiger partial charge in [-0.1, -0.05) is 0 Å². The van der Waals surface area contributed by atoms with Crippen molar-refractivity contribution < 1.29 is 0 Å². The van der Waals surface area contributed by atoms with Gasteiger partial charge in [0.1, 0.15) is 0 Å². The standard InChI is InChI=1S/C14H10BrN5/c15-12-7-10(8-16)1-2-13(12)18-9-11-3-5-17-14-4-6-19-20(11)14/h1-7,18H,9H2. The Labute approximate surface area is 124 Å². The first kappa shape index (κ1) is 12.6. The molecule has 3 aromatic rings. The number of rotatable bonds is 3. The van der Waals surface area contributed by atoms with E-state index < -0.39 is 0 Å². The first-order valence-electron chi connectivity index (χ1n) is 5.99. The Balaban J connectivity index is 1.83. The van der Waals surface area contributed by atoms with Gasteiger partial charge in [0, 0.05) is 22.4 Å². The van der Waals surface area contributed by atoms with Crippen molar-refractivity contribution >= 4 is 27.3 Å². The molecule has 0 saturated heterocycles. The highest BCUT2D eigenvalue weighted by atomic mass is 79.9. The van der Waals surface area contributed by atoms with Gasteiger partial charge in [-0.3, -0.25) is 0 Å². The summed E-state index contributed by atoms with van der Waals surface area (Å²) in [6.45, 7) is 0.616. The molecule has 0 spiro atoms. The third-order valence-electron chi connectivity index (χ3n) is 2.93. The zero-order valence-corrected chi connectivity index (χ0v) is 12.0. The maximum atomic E-state index is 8.85. The predicted molar refractivity (Wildman–Crippen MR) is 79.2 cm³/mol. The van der Waals surface area contributed by atoms with E-state index in [1.807, 2.05) is 18.2 Å². The van der Waals surface area contributed by atoms with Crippen molar-refractivity contribution in [3.8, 4) is 6.07 Å². The van der Waals surface area contributed by atoms with Gasteiger partial charge in [0.2, 0.25) is 0 Å². The molecule has 0 radical (unpaired) electrons. The zero-order valence-electron chi connectivity index (χ0n) is 10.4. The van der Waals surface area contributed by atoms with Crippen LogP contribution < -0.4 is 5.32 Å². The van der Waals surface area contributed by atoms with E-state index in [0.717, 1.165) is 21.5 Å². The molecule has 0 aliphatic heterocycles. The molecule has 1 N–H and O–H groups in total. The van der Waals surface area contributed by atoms with E-state index in [0.29, 0.717) is 12.1 Å². The second-order valence-corrected chi connectivity index (χ2v) is 5.05. The summed E-state index contributed by atoms with van der Waals surface area (Å²) in [5, 5.41) is 16.4. The molecule has 20 heavy (non-hydrogen) atoms. The van der Waals surface area contributed by atoms with Crippen molar-refractivity contribution in [3.05, 3.63) is 58.5 Å². The summed E-state index contributed by atoms with van der Waals surface area (Å²) in [6, 6.07) is 11.3. The van der Waals surface area contributed by atoms with Crippen LogP contribution in [0.4, 0.5) is 5.69 Å². The number of halogens is 1. The minimum absolute atomic E-state index is 0.616. The van der Waals surface area contributed by atoms with E-state index in [1.165, 1.54) is 0 Å². The van der Waals surface area contributed by atoms with Crippen LogP contribution in [0.2, 0.25) is 0 Å². The lowest BCUT2D eigenvalue weighted by molar-refractivity contribution is 0.854. The third-order valence-corrected chi connectivity index (χ3v) is 3.58. The number of nitrogens with zero attached hydrogens (tertiary/aromatic N) is 4. The Morgan fingerprint density at radius 1 is 1.25 bits per heavy atom. The number of benzene rings is 1. The molecule has 2 aromatic heterocycles. The minimum Gasteiger partial charge on any atom is -0.378 e. The predicted octanol–water partition coefficient (Wildman–Crippen LogP) is 2.98. The van der Waals surface area contributed by atoms with Crippen LogP contribution in [0.25, 0.3) is 5.65 Å². The Morgan fingerprint density at radius 2 is 2.15 bits per heavy atom. The smallest absolute Gasteiger partial charge is 0.155 e. The fourth-order valence-corrected chi connectivity index (χ4v) is 2.45. The lowest BCUT2D eigenvalue weighted by Gasteiger charge is -2.09. The van der Waals surface area contributed by atoms with E-state index in [2.05, 4.69) is 37.4 Å². The van der Waals surface area contributed by atoms with Gasteiger partial charge >= 0.3 is 0 Å². The topological polar surface area (TPSA) is 66.0 Å². The molecule has 0 unspecified atom stereocenters. The number of hydrogen-bond acceptors (Lipinski definition) is 4.